The van der Waals surface area contributed by atoms with Crippen LogP contribution in [0, 0.1) is 0 Å². The standard InChI is InChI=1S/C13H19N5S/c1-3-14-5-7-18(6-1)13-16-4-2-11(17-13)8-12-9-15-10-19-12/h2,4,8,14-15H,1,3,5-7,9-10H2/b12-8-. The Hall–Kier alpha value is -1.11. The van der Waals surface area contributed by atoms with Crippen LogP contribution in [0.5, 0.6) is 0 Å². The quantitative estimate of drug-likeness (QED) is 0.838. The monoisotopic (exact) mass is 277 g/mol. The fourth-order valence-corrected chi connectivity index (χ4v) is 3.06. The molecule has 19 heavy (non-hydrogen) atoms. The van der Waals surface area contributed by atoms with Crippen molar-refractivity contribution >= 4 is 23.8 Å². The fraction of sp³-hybridized carbons (Fsp3) is 0.538. The van der Waals surface area contributed by atoms with E-state index in [0.717, 1.165) is 56.7 Å². The van der Waals surface area contributed by atoms with Gasteiger partial charge in [-0.3, -0.25) is 0 Å². The molecule has 0 bridgehead atoms. The lowest BCUT2D eigenvalue weighted by atomic mass is 10.3. The van der Waals surface area contributed by atoms with Crippen molar-refractivity contribution in [3.63, 3.8) is 0 Å². The molecular formula is C13H19N5S. The first-order valence-electron chi connectivity index (χ1n) is 6.75. The molecule has 2 N–H and O–H groups in total. The Balaban J connectivity index is 1.76. The van der Waals surface area contributed by atoms with Crippen LogP contribution in [0.15, 0.2) is 17.2 Å². The summed E-state index contributed by atoms with van der Waals surface area (Å²) < 4.78 is 0. The van der Waals surface area contributed by atoms with Crippen molar-refractivity contribution in [3.8, 4) is 0 Å². The van der Waals surface area contributed by atoms with Gasteiger partial charge in [-0.2, -0.15) is 0 Å². The lowest BCUT2D eigenvalue weighted by molar-refractivity contribution is 0.724. The summed E-state index contributed by atoms with van der Waals surface area (Å²) in [5.41, 5.74) is 1.01. The van der Waals surface area contributed by atoms with Crippen molar-refractivity contribution < 1.29 is 0 Å². The van der Waals surface area contributed by atoms with Crippen LogP contribution in [0.25, 0.3) is 6.08 Å². The van der Waals surface area contributed by atoms with Gasteiger partial charge in [0.05, 0.1) is 5.69 Å². The second kappa shape index (κ2) is 6.36. The Kier molecular flexibility index (Phi) is 4.32. The van der Waals surface area contributed by atoms with Crippen molar-refractivity contribution in [2.24, 2.45) is 0 Å². The smallest absolute Gasteiger partial charge is 0.225 e. The van der Waals surface area contributed by atoms with Gasteiger partial charge in [0.25, 0.3) is 0 Å². The summed E-state index contributed by atoms with van der Waals surface area (Å²) in [5, 5.41) is 6.71. The molecule has 2 fully saturated rings. The molecule has 3 rings (SSSR count). The van der Waals surface area contributed by atoms with Crippen LogP contribution in [-0.4, -0.2) is 48.6 Å². The first-order chi connectivity index (χ1) is 9.42. The highest BCUT2D eigenvalue weighted by Gasteiger charge is 2.12. The van der Waals surface area contributed by atoms with Gasteiger partial charge in [0.1, 0.15) is 0 Å². The molecule has 0 spiro atoms. The van der Waals surface area contributed by atoms with Gasteiger partial charge < -0.3 is 15.5 Å². The minimum absolute atomic E-state index is 0.856. The van der Waals surface area contributed by atoms with Crippen LogP contribution in [-0.2, 0) is 0 Å². The van der Waals surface area contributed by atoms with Crippen molar-refractivity contribution in [3.05, 3.63) is 22.9 Å². The molecule has 2 saturated heterocycles. The number of rotatable bonds is 2. The molecule has 0 unspecified atom stereocenters. The minimum Gasteiger partial charge on any atom is -0.339 e. The number of nitrogens with one attached hydrogen (secondary N) is 2. The van der Waals surface area contributed by atoms with Crippen molar-refractivity contribution in [2.45, 2.75) is 6.42 Å². The summed E-state index contributed by atoms with van der Waals surface area (Å²) in [6, 6.07) is 1.98. The van der Waals surface area contributed by atoms with Gasteiger partial charge in [0, 0.05) is 43.2 Å². The number of thioether (sulfide) groups is 1. The highest BCUT2D eigenvalue weighted by Crippen LogP contribution is 2.21. The molecule has 1 aromatic rings. The zero-order valence-corrected chi connectivity index (χ0v) is 11.7. The van der Waals surface area contributed by atoms with Gasteiger partial charge in [-0.15, -0.1) is 11.8 Å². The Labute approximate surface area is 117 Å². The maximum atomic E-state index is 4.67. The average molecular weight is 277 g/mol. The van der Waals surface area contributed by atoms with Gasteiger partial charge in [-0.1, -0.05) is 0 Å². The van der Waals surface area contributed by atoms with E-state index in [4.69, 9.17) is 0 Å². The third-order valence-electron chi connectivity index (χ3n) is 3.26. The van der Waals surface area contributed by atoms with Gasteiger partial charge in [0.2, 0.25) is 5.95 Å². The molecule has 1 aromatic heterocycles. The van der Waals surface area contributed by atoms with Crippen LogP contribution >= 0.6 is 11.8 Å². The van der Waals surface area contributed by atoms with Crippen LogP contribution in [0.1, 0.15) is 12.1 Å². The molecule has 0 amide bonds. The second-order valence-corrected chi connectivity index (χ2v) is 5.80. The van der Waals surface area contributed by atoms with Crippen LogP contribution < -0.4 is 15.5 Å². The molecule has 0 aromatic carbocycles. The van der Waals surface area contributed by atoms with E-state index in [9.17, 15) is 0 Å². The normalized spacial score (nSPS) is 22.7. The zero-order chi connectivity index (χ0) is 12.9. The second-order valence-electron chi connectivity index (χ2n) is 4.70. The summed E-state index contributed by atoms with van der Waals surface area (Å²) in [6.45, 7) is 5.06. The highest BCUT2D eigenvalue weighted by atomic mass is 32.2. The molecular weight excluding hydrogens is 258 g/mol. The van der Waals surface area contributed by atoms with E-state index in [-0.39, 0.29) is 0 Å². The molecule has 102 valence electrons. The predicted molar refractivity (Wildman–Crippen MR) is 80.2 cm³/mol. The lowest BCUT2D eigenvalue weighted by Gasteiger charge is -2.19. The highest BCUT2D eigenvalue weighted by molar-refractivity contribution is 8.03. The molecule has 0 saturated carbocycles. The summed E-state index contributed by atoms with van der Waals surface area (Å²) in [7, 11) is 0. The van der Waals surface area contributed by atoms with E-state index in [1.54, 1.807) is 0 Å². The van der Waals surface area contributed by atoms with Gasteiger partial charge >= 0.3 is 0 Å². The predicted octanol–water partition coefficient (Wildman–Crippen LogP) is 0.911. The molecule has 2 aliphatic heterocycles. The molecule has 3 heterocycles. The van der Waals surface area contributed by atoms with Crippen molar-refractivity contribution in [1.82, 2.24) is 20.6 Å². The lowest BCUT2D eigenvalue weighted by Crippen LogP contribution is -2.29. The number of aromatic nitrogens is 2. The van der Waals surface area contributed by atoms with Crippen molar-refractivity contribution in [2.75, 3.05) is 43.5 Å². The number of hydrogen-bond acceptors (Lipinski definition) is 6. The Bertz CT molecular complexity index is 446. The van der Waals surface area contributed by atoms with Gasteiger partial charge in [-0.25, -0.2) is 9.97 Å². The maximum absolute atomic E-state index is 4.67. The van der Waals surface area contributed by atoms with E-state index in [2.05, 4.69) is 31.6 Å². The van der Waals surface area contributed by atoms with E-state index in [0.29, 0.717) is 0 Å². The molecule has 5 nitrogen and oxygen atoms in total. The van der Waals surface area contributed by atoms with Crippen LogP contribution in [0.4, 0.5) is 5.95 Å². The SMILES string of the molecule is C(=C1\CNCS1)/c1ccnc(N2CCCNCC2)n1. The third-order valence-corrected chi connectivity index (χ3v) is 4.24. The molecule has 0 atom stereocenters. The molecule has 0 radical (unpaired) electrons. The number of hydrogen-bond donors (Lipinski definition) is 2. The first kappa shape index (κ1) is 12.9. The largest absolute Gasteiger partial charge is 0.339 e. The fourth-order valence-electron chi connectivity index (χ4n) is 2.27. The first-order valence-corrected chi connectivity index (χ1v) is 7.73. The van der Waals surface area contributed by atoms with E-state index >= 15 is 0 Å². The van der Waals surface area contributed by atoms with Crippen LogP contribution in [0.3, 0.4) is 0 Å². The summed E-state index contributed by atoms with van der Waals surface area (Å²) in [6.07, 6.45) is 5.17. The average Bonchev–Trinajstić information content (AvgIpc) is 2.79. The zero-order valence-electron chi connectivity index (χ0n) is 10.9. The van der Waals surface area contributed by atoms with Gasteiger partial charge in [-0.05, 0) is 25.1 Å². The maximum Gasteiger partial charge on any atom is 0.225 e. The Morgan fingerprint density at radius 1 is 1.26 bits per heavy atom. The third kappa shape index (κ3) is 3.46. The van der Waals surface area contributed by atoms with Crippen molar-refractivity contribution in [1.29, 1.82) is 0 Å². The molecule has 6 heteroatoms. The summed E-state index contributed by atoms with van der Waals surface area (Å²) in [5.74, 6) is 1.86. The summed E-state index contributed by atoms with van der Waals surface area (Å²) in [4.78, 5) is 12.7. The summed E-state index contributed by atoms with van der Waals surface area (Å²) >= 11 is 1.85. The topological polar surface area (TPSA) is 53.1 Å². The van der Waals surface area contributed by atoms with E-state index < -0.39 is 0 Å². The Morgan fingerprint density at radius 3 is 3.16 bits per heavy atom. The minimum atomic E-state index is 0.856. The van der Waals surface area contributed by atoms with Crippen LogP contribution in [0.2, 0.25) is 0 Å². The number of nitrogens with zero attached hydrogens (tertiary/aromatic N) is 3. The number of anilines is 1. The molecule has 0 aliphatic carbocycles. The van der Waals surface area contributed by atoms with Gasteiger partial charge in [0.15, 0.2) is 0 Å². The van der Waals surface area contributed by atoms with E-state index in [1.165, 1.54) is 4.91 Å². The molecule has 2 aliphatic rings. The van der Waals surface area contributed by atoms with E-state index in [1.807, 2.05) is 24.0 Å². The Morgan fingerprint density at radius 2 is 2.26 bits per heavy atom.